The van der Waals surface area contributed by atoms with Crippen LogP contribution in [-0.2, 0) is 14.1 Å². The first kappa shape index (κ1) is 21.8. The van der Waals surface area contributed by atoms with E-state index in [0.29, 0.717) is 27.7 Å². The number of halogens is 1. The molecule has 10 heteroatoms. The van der Waals surface area contributed by atoms with Crippen molar-refractivity contribution in [2.75, 3.05) is 14.2 Å². The molecular weight excluding hydrogens is 458 g/mol. The van der Waals surface area contributed by atoms with Gasteiger partial charge in [0, 0.05) is 31.5 Å². The highest BCUT2D eigenvalue weighted by Gasteiger charge is 2.22. The number of hydrogen-bond donors (Lipinski definition) is 0. The summed E-state index contributed by atoms with van der Waals surface area (Å²) in [5, 5.41) is 0.458. The third-order valence-corrected chi connectivity index (χ3v) is 6.34. The van der Waals surface area contributed by atoms with Gasteiger partial charge in [-0.2, -0.15) is 4.98 Å². The van der Waals surface area contributed by atoms with Crippen molar-refractivity contribution in [2.24, 2.45) is 14.1 Å². The molecule has 9 nitrogen and oxygen atoms in total. The molecule has 174 valence electrons. The minimum absolute atomic E-state index is 0.307. The highest BCUT2D eigenvalue weighted by atomic mass is 35.5. The average Bonchev–Trinajstić information content (AvgIpc) is 3.37. The summed E-state index contributed by atoms with van der Waals surface area (Å²) >= 11 is 6.43. The summed E-state index contributed by atoms with van der Waals surface area (Å²) in [4.78, 5) is 30.3. The molecule has 0 amide bonds. The number of aromatic nitrogens is 5. The van der Waals surface area contributed by atoms with Crippen LogP contribution in [-0.4, -0.2) is 37.3 Å². The Bertz CT molecular complexity index is 1720. The fourth-order valence-corrected chi connectivity index (χ4v) is 4.51. The normalized spacial score (nSPS) is 11.5. The van der Waals surface area contributed by atoms with E-state index >= 15 is 0 Å². The Labute approximate surface area is 199 Å². The first-order chi connectivity index (χ1) is 16.3. The Morgan fingerprint density at radius 1 is 0.941 bits per heavy atom. The maximum Gasteiger partial charge on any atom is 0.332 e. The fourth-order valence-electron chi connectivity index (χ4n) is 4.26. The Morgan fingerprint density at radius 2 is 1.65 bits per heavy atom. The number of fused-ring (bicyclic) bond motifs is 3. The van der Waals surface area contributed by atoms with Crippen LogP contribution >= 0.6 is 11.6 Å². The van der Waals surface area contributed by atoms with E-state index in [-0.39, 0.29) is 0 Å². The first-order valence-electron chi connectivity index (χ1n) is 10.4. The van der Waals surface area contributed by atoms with E-state index in [0.717, 1.165) is 32.8 Å². The maximum absolute atomic E-state index is 13.1. The van der Waals surface area contributed by atoms with Gasteiger partial charge >= 0.3 is 5.69 Å². The lowest BCUT2D eigenvalue weighted by Crippen LogP contribution is -2.37. The Kier molecular flexibility index (Phi) is 5.02. The van der Waals surface area contributed by atoms with Gasteiger partial charge in [0.15, 0.2) is 11.2 Å². The lowest BCUT2D eigenvalue weighted by atomic mass is 10.1. The van der Waals surface area contributed by atoms with Gasteiger partial charge in [-0.25, -0.2) is 4.79 Å². The predicted molar refractivity (Wildman–Crippen MR) is 131 cm³/mol. The summed E-state index contributed by atoms with van der Waals surface area (Å²) in [5.74, 6) is 1.80. The Balaban J connectivity index is 1.92. The molecule has 5 aromatic rings. The quantitative estimate of drug-likeness (QED) is 0.395. The smallest absolute Gasteiger partial charge is 0.332 e. The summed E-state index contributed by atoms with van der Waals surface area (Å²) in [6, 6.07) is 11.3. The number of imidazole rings is 2. The zero-order chi connectivity index (χ0) is 24.3. The lowest BCUT2D eigenvalue weighted by Gasteiger charge is -2.13. The molecule has 3 heterocycles. The number of ether oxygens (including phenoxy) is 2. The second-order valence-corrected chi connectivity index (χ2v) is 8.42. The topological polar surface area (TPSA) is 84.7 Å². The third kappa shape index (κ3) is 3.04. The van der Waals surface area contributed by atoms with Gasteiger partial charge in [-0.05, 0) is 48.9 Å². The van der Waals surface area contributed by atoms with Gasteiger partial charge < -0.3 is 9.47 Å². The van der Waals surface area contributed by atoms with Gasteiger partial charge in [0.25, 0.3) is 5.56 Å². The van der Waals surface area contributed by atoms with Gasteiger partial charge in [-0.15, -0.1) is 0 Å². The molecule has 0 unspecified atom stereocenters. The molecule has 34 heavy (non-hydrogen) atoms. The molecule has 0 atom stereocenters. The first-order valence-corrected chi connectivity index (χ1v) is 10.8. The number of hydrogen-bond acceptors (Lipinski definition) is 5. The summed E-state index contributed by atoms with van der Waals surface area (Å²) in [5.41, 5.74) is 3.07. The molecule has 5 rings (SSSR count). The van der Waals surface area contributed by atoms with Crippen molar-refractivity contribution >= 4 is 28.5 Å². The summed E-state index contributed by atoms with van der Waals surface area (Å²) in [6.45, 7) is 1.95. The summed E-state index contributed by atoms with van der Waals surface area (Å²) in [6.07, 6.45) is 1.83. The molecular formula is C24H22ClN5O4. The van der Waals surface area contributed by atoms with Gasteiger partial charge in [0.2, 0.25) is 5.78 Å². The standard InChI is InChI=1S/C24H22ClN5O4/c1-13-10-15(7-9-18(13)33-4)30-17(14-6-8-19(34-5)16(25)11-14)12-29-20-21(26-23(29)30)27(2)24(32)28(3)22(20)31/h6-12H,1-5H3. The molecule has 0 fully saturated rings. The molecule has 0 aliphatic carbocycles. The number of nitrogens with zero attached hydrogens (tertiary/aromatic N) is 5. The van der Waals surface area contributed by atoms with Crippen molar-refractivity contribution in [3.05, 3.63) is 74.0 Å². The molecule has 2 aromatic carbocycles. The van der Waals surface area contributed by atoms with Crippen LogP contribution in [0.5, 0.6) is 11.5 Å². The predicted octanol–water partition coefficient (Wildman–Crippen LogP) is 3.32. The Morgan fingerprint density at radius 3 is 2.29 bits per heavy atom. The third-order valence-electron chi connectivity index (χ3n) is 6.05. The van der Waals surface area contributed by atoms with Gasteiger partial charge in [-0.3, -0.25) is 22.9 Å². The Hall–Kier alpha value is -3.98. The van der Waals surface area contributed by atoms with Crippen molar-refractivity contribution in [3.8, 4) is 28.4 Å². The largest absolute Gasteiger partial charge is 0.496 e. The number of benzene rings is 2. The van der Waals surface area contributed by atoms with Crippen LogP contribution in [0, 0.1) is 6.92 Å². The molecule has 0 bridgehead atoms. The van der Waals surface area contributed by atoms with Crippen molar-refractivity contribution in [3.63, 3.8) is 0 Å². The average molecular weight is 480 g/mol. The molecule has 3 aromatic heterocycles. The van der Waals surface area contributed by atoms with Crippen LogP contribution in [0.25, 0.3) is 33.9 Å². The summed E-state index contributed by atoms with van der Waals surface area (Å²) in [7, 11) is 6.24. The number of methoxy groups -OCH3 is 2. The van der Waals surface area contributed by atoms with E-state index in [2.05, 4.69) is 0 Å². The van der Waals surface area contributed by atoms with E-state index in [1.165, 1.54) is 11.6 Å². The van der Waals surface area contributed by atoms with Gasteiger partial charge in [0.05, 0.1) is 24.9 Å². The number of rotatable bonds is 4. The van der Waals surface area contributed by atoms with Crippen LogP contribution in [0.1, 0.15) is 5.56 Å². The second-order valence-electron chi connectivity index (χ2n) is 8.01. The lowest BCUT2D eigenvalue weighted by molar-refractivity contribution is 0.411. The van der Waals surface area contributed by atoms with Crippen LogP contribution in [0.2, 0.25) is 5.02 Å². The fraction of sp³-hybridized carbons (Fsp3) is 0.208. The van der Waals surface area contributed by atoms with E-state index in [9.17, 15) is 9.59 Å². The SMILES string of the molecule is COc1ccc(-n2c(-c3ccc(OC)c(Cl)c3)cn3c4c(=O)n(C)c(=O)n(C)c4nc23)cc1C. The molecule has 0 spiro atoms. The molecule has 0 N–H and O–H groups in total. The highest BCUT2D eigenvalue weighted by molar-refractivity contribution is 6.32. The van der Waals surface area contributed by atoms with Crippen molar-refractivity contribution in [1.29, 1.82) is 0 Å². The van der Waals surface area contributed by atoms with Crippen LogP contribution in [0.3, 0.4) is 0 Å². The zero-order valence-corrected chi connectivity index (χ0v) is 20.0. The maximum atomic E-state index is 13.1. The van der Waals surface area contributed by atoms with Crippen LogP contribution < -0.4 is 20.7 Å². The highest BCUT2D eigenvalue weighted by Crippen LogP contribution is 2.34. The van der Waals surface area contributed by atoms with Crippen LogP contribution in [0.4, 0.5) is 0 Å². The minimum Gasteiger partial charge on any atom is -0.496 e. The monoisotopic (exact) mass is 479 g/mol. The minimum atomic E-state index is -0.438. The van der Waals surface area contributed by atoms with E-state index in [1.807, 2.05) is 42.0 Å². The molecule has 0 aliphatic rings. The molecule has 0 radical (unpaired) electrons. The second kappa shape index (κ2) is 7.81. The number of aryl methyl sites for hydroxylation is 2. The van der Waals surface area contributed by atoms with E-state index < -0.39 is 11.2 Å². The molecule has 0 aliphatic heterocycles. The molecule has 0 saturated heterocycles. The van der Waals surface area contributed by atoms with E-state index in [4.69, 9.17) is 26.1 Å². The van der Waals surface area contributed by atoms with Crippen LogP contribution in [0.15, 0.2) is 52.2 Å². The van der Waals surface area contributed by atoms with E-state index in [1.54, 1.807) is 37.8 Å². The van der Waals surface area contributed by atoms with Gasteiger partial charge in [-0.1, -0.05) is 11.6 Å². The zero-order valence-electron chi connectivity index (χ0n) is 19.3. The van der Waals surface area contributed by atoms with Gasteiger partial charge in [0.1, 0.15) is 11.5 Å². The van der Waals surface area contributed by atoms with Crippen molar-refractivity contribution in [1.82, 2.24) is 23.1 Å². The molecule has 0 saturated carbocycles. The van der Waals surface area contributed by atoms with Crippen molar-refractivity contribution in [2.45, 2.75) is 6.92 Å². The van der Waals surface area contributed by atoms with Crippen molar-refractivity contribution < 1.29 is 9.47 Å². The summed E-state index contributed by atoms with van der Waals surface area (Å²) < 4.78 is 16.8.